The minimum atomic E-state index is -5.14. The third-order valence-electron chi connectivity index (χ3n) is 4.93. The van der Waals surface area contributed by atoms with Crippen LogP contribution in [0.3, 0.4) is 0 Å². The molecular formula is C18H13ClF5N7OS. The van der Waals surface area contributed by atoms with Crippen LogP contribution >= 0.6 is 22.9 Å². The molecule has 3 aromatic heterocycles. The van der Waals surface area contributed by atoms with Gasteiger partial charge < -0.3 is 5.32 Å². The summed E-state index contributed by atoms with van der Waals surface area (Å²) in [5.41, 5.74) is -3.87. The predicted molar refractivity (Wildman–Crippen MR) is 106 cm³/mol. The first-order valence-electron chi connectivity index (χ1n) is 9.24. The Balaban J connectivity index is 1.71. The molecule has 0 unspecified atom stereocenters. The van der Waals surface area contributed by atoms with Gasteiger partial charge in [0.25, 0.3) is 11.8 Å². The molecule has 3 heterocycles. The maximum atomic E-state index is 13.8. The van der Waals surface area contributed by atoms with E-state index in [1.807, 2.05) is 6.07 Å². The Hall–Kier alpha value is -3.05. The highest BCUT2D eigenvalue weighted by Crippen LogP contribution is 2.42. The molecule has 1 aliphatic rings. The molecule has 1 fully saturated rings. The Morgan fingerprint density at radius 1 is 1.33 bits per heavy atom. The van der Waals surface area contributed by atoms with Crippen LogP contribution in [0.15, 0.2) is 12.3 Å². The van der Waals surface area contributed by atoms with Gasteiger partial charge in [-0.25, -0.2) is 9.36 Å². The number of hydrogen-bond donors (Lipinski definition) is 1. The zero-order valence-electron chi connectivity index (χ0n) is 16.8. The van der Waals surface area contributed by atoms with Crippen molar-refractivity contribution in [3.63, 3.8) is 0 Å². The van der Waals surface area contributed by atoms with Crippen molar-refractivity contribution in [3.8, 4) is 22.5 Å². The number of aromatic nitrogens is 5. The number of nitrogens with one attached hydrogen (secondary N) is 1. The zero-order chi connectivity index (χ0) is 24.3. The highest BCUT2D eigenvalue weighted by molar-refractivity contribution is 7.19. The Labute approximate surface area is 191 Å². The van der Waals surface area contributed by atoms with Gasteiger partial charge in [0.15, 0.2) is 5.82 Å². The number of aryl methyl sites for hydroxylation is 1. The predicted octanol–water partition coefficient (Wildman–Crippen LogP) is 4.30. The molecule has 1 N–H and O–H groups in total. The van der Waals surface area contributed by atoms with E-state index in [4.69, 9.17) is 16.9 Å². The number of rotatable bonds is 5. The molecule has 0 radical (unpaired) electrons. The summed E-state index contributed by atoms with van der Waals surface area (Å²) in [6, 6.07) is 3.38. The second-order valence-corrected chi connectivity index (χ2v) is 9.21. The summed E-state index contributed by atoms with van der Waals surface area (Å²) >= 11 is 7.07. The monoisotopic (exact) mass is 505 g/mol. The van der Waals surface area contributed by atoms with Gasteiger partial charge in [-0.15, -0.1) is 16.4 Å². The summed E-state index contributed by atoms with van der Waals surface area (Å²) in [5.74, 6) is -5.17. The first kappa shape index (κ1) is 23.1. The normalized spacial score (nSPS) is 15.4. The van der Waals surface area contributed by atoms with Crippen LogP contribution in [-0.2, 0) is 19.1 Å². The lowest BCUT2D eigenvalue weighted by molar-refractivity contribution is -0.141. The molecular weight excluding hydrogens is 493 g/mol. The van der Waals surface area contributed by atoms with Crippen molar-refractivity contribution in [2.75, 3.05) is 0 Å². The number of carbonyl (C=O) groups is 1. The fourth-order valence-electron chi connectivity index (χ4n) is 3.15. The highest BCUT2D eigenvalue weighted by atomic mass is 35.5. The smallest absolute Gasteiger partial charge is 0.334 e. The topological polar surface area (TPSA) is 101 Å². The van der Waals surface area contributed by atoms with E-state index in [9.17, 15) is 26.7 Å². The molecule has 33 heavy (non-hydrogen) atoms. The Kier molecular flexibility index (Phi) is 5.25. The summed E-state index contributed by atoms with van der Waals surface area (Å²) < 4.78 is 70.0. The fourth-order valence-corrected chi connectivity index (χ4v) is 4.37. The van der Waals surface area contributed by atoms with Crippen LogP contribution in [0.5, 0.6) is 0 Å². The summed E-state index contributed by atoms with van der Waals surface area (Å²) in [7, 11) is 1.08. The van der Waals surface area contributed by atoms with Gasteiger partial charge in [0.2, 0.25) is 0 Å². The summed E-state index contributed by atoms with van der Waals surface area (Å²) in [6.07, 6.45) is -3.01. The van der Waals surface area contributed by atoms with E-state index in [2.05, 4.69) is 20.7 Å². The number of carbonyl (C=O) groups excluding carboxylic acids is 1. The van der Waals surface area contributed by atoms with Crippen LogP contribution in [0.25, 0.3) is 16.4 Å². The van der Waals surface area contributed by atoms with Gasteiger partial charge >= 0.3 is 6.18 Å². The zero-order valence-corrected chi connectivity index (χ0v) is 18.4. The van der Waals surface area contributed by atoms with Crippen molar-refractivity contribution in [1.29, 1.82) is 5.26 Å². The van der Waals surface area contributed by atoms with Gasteiger partial charge in [-0.2, -0.15) is 32.3 Å². The molecule has 1 amide bonds. The number of amides is 1. The molecule has 4 rings (SSSR count). The van der Waals surface area contributed by atoms with Gasteiger partial charge in [-0.1, -0.05) is 16.8 Å². The molecule has 0 aromatic carbocycles. The third-order valence-corrected chi connectivity index (χ3v) is 6.31. The second kappa shape index (κ2) is 7.49. The lowest BCUT2D eigenvalue weighted by Crippen LogP contribution is -2.35. The second-order valence-electron chi connectivity index (χ2n) is 7.55. The number of nitriles is 1. The lowest BCUT2D eigenvalue weighted by atomic mass is 10.1. The molecule has 1 aliphatic carbocycles. The highest BCUT2D eigenvalue weighted by Gasteiger charge is 2.47. The lowest BCUT2D eigenvalue weighted by Gasteiger charge is -2.13. The van der Waals surface area contributed by atoms with E-state index in [0.717, 1.165) is 24.6 Å². The van der Waals surface area contributed by atoms with E-state index in [0.29, 0.717) is 34.0 Å². The van der Waals surface area contributed by atoms with E-state index in [1.165, 1.54) is 6.07 Å². The van der Waals surface area contributed by atoms with Crippen LogP contribution in [-0.4, -0.2) is 36.2 Å². The summed E-state index contributed by atoms with van der Waals surface area (Å²) in [5, 5.41) is 22.5. The minimum absolute atomic E-state index is 0.0569. The van der Waals surface area contributed by atoms with Crippen LogP contribution < -0.4 is 5.32 Å². The van der Waals surface area contributed by atoms with Gasteiger partial charge in [0.05, 0.1) is 22.7 Å². The maximum absolute atomic E-state index is 13.8. The number of thiophene rings is 1. The molecule has 0 spiro atoms. The molecule has 0 aliphatic heterocycles. The Morgan fingerprint density at radius 2 is 2.00 bits per heavy atom. The largest absolute Gasteiger partial charge is 0.422 e. The molecule has 1 saturated carbocycles. The average molecular weight is 506 g/mol. The Bertz CT molecular complexity index is 1290. The van der Waals surface area contributed by atoms with Crippen LogP contribution in [0.2, 0.25) is 4.34 Å². The first-order valence-corrected chi connectivity index (χ1v) is 10.4. The summed E-state index contributed by atoms with van der Waals surface area (Å²) in [4.78, 5) is 12.8. The van der Waals surface area contributed by atoms with E-state index < -0.39 is 40.6 Å². The average Bonchev–Trinajstić information content (AvgIpc) is 3.05. The quantitative estimate of drug-likeness (QED) is 0.521. The standard InChI is InChI=1S/C18H13ClF5N7OS/c1-16(20,21)12-11(18(22,23)24)15(30(2)28-12)31-6-9(27-29-31)10-5-8(13(19)33-10)14(32)26-17(7-25)3-4-17/h5-6H,3-4H2,1-2H3,(H,26,32). The fraction of sp³-hybridized carbons (Fsp3) is 0.389. The molecule has 0 bridgehead atoms. The number of alkyl halides is 5. The molecule has 0 saturated heterocycles. The molecule has 15 heteroatoms. The SMILES string of the molecule is Cn1nc(C(C)(F)F)c(C(F)(F)F)c1-n1cc(-c2cc(C(=O)NC3(C#N)CC3)c(Cl)s2)nn1. The first-order chi connectivity index (χ1) is 15.3. The molecule has 0 atom stereocenters. The summed E-state index contributed by atoms with van der Waals surface area (Å²) in [6.45, 7) is 0.319. The van der Waals surface area contributed by atoms with Crippen LogP contribution in [0.1, 0.15) is 41.4 Å². The van der Waals surface area contributed by atoms with Gasteiger partial charge in [-0.05, 0) is 18.9 Å². The van der Waals surface area contributed by atoms with Crippen molar-refractivity contribution >= 4 is 28.8 Å². The van der Waals surface area contributed by atoms with E-state index >= 15 is 0 Å². The Morgan fingerprint density at radius 3 is 2.55 bits per heavy atom. The molecule has 3 aromatic rings. The van der Waals surface area contributed by atoms with Crippen molar-refractivity contribution in [1.82, 2.24) is 30.1 Å². The van der Waals surface area contributed by atoms with Gasteiger partial charge in [-0.3, -0.25) is 4.79 Å². The molecule has 174 valence electrons. The van der Waals surface area contributed by atoms with Crippen LogP contribution in [0.4, 0.5) is 22.0 Å². The number of halogens is 6. The van der Waals surface area contributed by atoms with E-state index in [1.54, 1.807) is 0 Å². The van der Waals surface area contributed by atoms with Gasteiger partial charge in [0.1, 0.15) is 26.8 Å². The molecule has 8 nitrogen and oxygen atoms in total. The van der Waals surface area contributed by atoms with Crippen molar-refractivity contribution in [2.45, 2.75) is 37.4 Å². The van der Waals surface area contributed by atoms with Crippen molar-refractivity contribution in [2.24, 2.45) is 7.05 Å². The minimum Gasteiger partial charge on any atom is -0.334 e. The van der Waals surface area contributed by atoms with Crippen molar-refractivity contribution in [3.05, 3.63) is 33.4 Å². The van der Waals surface area contributed by atoms with Crippen LogP contribution in [0, 0.1) is 11.3 Å². The van der Waals surface area contributed by atoms with Crippen molar-refractivity contribution < 1.29 is 26.7 Å². The van der Waals surface area contributed by atoms with Gasteiger partial charge in [0, 0.05) is 14.0 Å². The number of hydrogen-bond acceptors (Lipinski definition) is 6. The third kappa shape index (κ3) is 4.18. The number of nitrogens with zero attached hydrogens (tertiary/aromatic N) is 6. The maximum Gasteiger partial charge on any atom is 0.422 e. The van der Waals surface area contributed by atoms with E-state index in [-0.39, 0.29) is 15.6 Å².